The van der Waals surface area contributed by atoms with E-state index in [1.165, 1.54) is 31.4 Å². The maximum Gasteiger partial charge on any atom is 0.0738 e. The summed E-state index contributed by atoms with van der Waals surface area (Å²) in [5.41, 5.74) is 2.23. The predicted molar refractivity (Wildman–Crippen MR) is 87.3 cm³/mol. The molecule has 1 aromatic heterocycles. The van der Waals surface area contributed by atoms with Crippen LogP contribution in [0.2, 0.25) is 0 Å². The molecule has 2 aliphatic rings. The van der Waals surface area contributed by atoms with Gasteiger partial charge in [-0.25, -0.2) is 0 Å². The number of hydrogen-bond donors (Lipinski definition) is 2. The number of aliphatic hydroxyl groups excluding tert-OH is 1. The summed E-state index contributed by atoms with van der Waals surface area (Å²) >= 11 is 3.59. The number of aromatic nitrogens is 2. The van der Waals surface area contributed by atoms with Crippen molar-refractivity contribution in [3.8, 4) is 0 Å². The number of aryl methyl sites for hydroxylation is 2. The van der Waals surface area contributed by atoms with Gasteiger partial charge < -0.3 is 10.4 Å². The second-order valence-electron chi connectivity index (χ2n) is 6.82. The molecule has 0 saturated heterocycles. The van der Waals surface area contributed by atoms with Gasteiger partial charge in [0.1, 0.15) is 0 Å². The van der Waals surface area contributed by atoms with Gasteiger partial charge in [-0.05, 0) is 67.8 Å². The number of nitrogens with one attached hydrogen (secondary N) is 1. The molecule has 0 amide bonds. The topological polar surface area (TPSA) is 50.1 Å². The molecule has 21 heavy (non-hydrogen) atoms. The first-order valence-electron chi connectivity index (χ1n) is 8.14. The Kier molecular flexibility index (Phi) is 4.44. The SMILES string of the molecule is Cc1nn(CCC2CCCC2(CO)NC2CC2)c(C)c1Br. The van der Waals surface area contributed by atoms with E-state index in [0.29, 0.717) is 12.0 Å². The number of rotatable bonds is 6. The zero-order valence-electron chi connectivity index (χ0n) is 13.0. The molecule has 2 fully saturated rings. The summed E-state index contributed by atoms with van der Waals surface area (Å²) in [6.45, 7) is 5.36. The third kappa shape index (κ3) is 3.06. The lowest BCUT2D eigenvalue weighted by Gasteiger charge is -2.35. The van der Waals surface area contributed by atoms with E-state index in [1.807, 2.05) is 6.92 Å². The van der Waals surface area contributed by atoms with E-state index in [-0.39, 0.29) is 12.1 Å². The van der Waals surface area contributed by atoms with Crippen LogP contribution in [0.25, 0.3) is 0 Å². The summed E-state index contributed by atoms with van der Waals surface area (Å²) < 4.78 is 3.23. The van der Waals surface area contributed by atoms with Crippen molar-refractivity contribution in [2.45, 2.75) is 70.5 Å². The standard InChI is InChI=1S/C16H26BrN3O/c1-11-15(17)12(2)20(19-11)9-7-13-4-3-8-16(13,10-21)18-14-5-6-14/h13-14,18,21H,3-10H2,1-2H3. The summed E-state index contributed by atoms with van der Waals surface area (Å²) in [5.74, 6) is 0.561. The molecule has 1 aromatic rings. The van der Waals surface area contributed by atoms with Crippen LogP contribution >= 0.6 is 15.9 Å². The van der Waals surface area contributed by atoms with Crippen LogP contribution in [-0.4, -0.2) is 33.1 Å². The molecule has 3 rings (SSSR count). The van der Waals surface area contributed by atoms with Gasteiger partial charge in [0.25, 0.3) is 0 Å². The van der Waals surface area contributed by atoms with Crippen LogP contribution < -0.4 is 5.32 Å². The van der Waals surface area contributed by atoms with E-state index in [0.717, 1.165) is 29.6 Å². The van der Waals surface area contributed by atoms with Gasteiger partial charge in [0, 0.05) is 23.8 Å². The normalized spacial score (nSPS) is 29.2. The molecular weight excluding hydrogens is 330 g/mol. The molecule has 2 aliphatic carbocycles. The van der Waals surface area contributed by atoms with E-state index >= 15 is 0 Å². The summed E-state index contributed by atoms with van der Waals surface area (Å²) in [5, 5.41) is 18.3. The molecule has 0 spiro atoms. The quantitative estimate of drug-likeness (QED) is 0.824. The number of aliphatic hydroxyl groups is 1. The van der Waals surface area contributed by atoms with Gasteiger partial charge in [0.15, 0.2) is 0 Å². The van der Waals surface area contributed by atoms with Gasteiger partial charge in [-0.3, -0.25) is 4.68 Å². The first-order chi connectivity index (χ1) is 10.1. The third-order valence-electron chi connectivity index (χ3n) is 5.29. The Morgan fingerprint density at radius 1 is 1.38 bits per heavy atom. The lowest BCUT2D eigenvalue weighted by atomic mass is 9.85. The average Bonchev–Trinajstić information content (AvgIpc) is 3.15. The van der Waals surface area contributed by atoms with Gasteiger partial charge in [0.05, 0.1) is 16.8 Å². The Labute approximate surface area is 135 Å². The van der Waals surface area contributed by atoms with Crippen LogP contribution in [0.4, 0.5) is 0 Å². The van der Waals surface area contributed by atoms with Gasteiger partial charge in [-0.1, -0.05) is 6.42 Å². The zero-order valence-corrected chi connectivity index (χ0v) is 14.6. The second kappa shape index (κ2) is 6.01. The Morgan fingerprint density at radius 2 is 2.14 bits per heavy atom. The van der Waals surface area contributed by atoms with Crippen LogP contribution in [-0.2, 0) is 6.54 Å². The fraction of sp³-hybridized carbons (Fsp3) is 0.812. The van der Waals surface area contributed by atoms with Crippen molar-refractivity contribution in [3.63, 3.8) is 0 Å². The Balaban J connectivity index is 1.66. The van der Waals surface area contributed by atoms with E-state index in [9.17, 15) is 5.11 Å². The monoisotopic (exact) mass is 355 g/mol. The largest absolute Gasteiger partial charge is 0.394 e. The highest BCUT2D eigenvalue weighted by Gasteiger charge is 2.44. The molecule has 2 unspecified atom stereocenters. The van der Waals surface area contributed by atoms with Gasteiger partial charge in [-0.15, -0.1) is 0 Å². The van der Waals surface area contributed by atoms with E-state index in [4.69, 9.17) is 0 Å². The smallest absolute Gasteiger partial charge is 0.0738 e. The molecule has 5 heteroatoms. The van der Waals surface area contributed by atoms with E-state index in [1.54, 1.807) is 0 Å². The minimum atomic E-state index is -0.0332. The number of hydrogen-bond acceptors (Lipinski definition) is 3. The fourth-order valence-electron chi connectivity index (χ4n) is 3.81. The predicted octanol–water partition coefficient (Wildman–Crippen LogP) is 2.94. The second-order valence-corrected chi connectivity index (χ2v) is 7.61. The van der Waals surface area contributed by atoms with Crippen molar-refractivity contribution >= 4 is 15.9 Å². The van der Waals surface area contributed by atoms with Gasteiger partial charge in [0.2, 0.25) is 0 Å². The molecule has 1 heterocycles. The van der Waals surface area contributed by atoms with Gasteiger partial charge in [-0.2, -0.15) is 5.10 Å². The van der Waals surface area contributed by atoms with Crippen LogP contribution in [0, 0.1) is 19.8 Å². The minimum Gasteiger partial charge on any atom is -0.394 e. The highest BCUT2D eigenvalue weighted by atomic mass is 79.9. The molecule has 0 aromatic carbocycles. The molecule has 4 nitrogen and oxygen atoms in total. The Hall–Kier alpha value is -0.390. The molecule has 2 saturated carbocycles. The Bertz CT molecular complexity index is 512. The van der Waals surface area contributed by atoms with Crippen molar-refractivity contribution in [3.05, 3.63) is 15.9 Å². The highest BCUT2D eigenvalue weighted by Crippen LogP contribution is 2.40. The maximum atomic E-state index is 9.97. The molecule has 2 N–H and O–H groups in total. The van der Waals surface area contributed by atoms with Crippen LogP contribution in [0.1, 0.15) is 49.9 Å². The Morgan fingerprint density at radius 3 is 2.71 bits per heavy atom. The summed E-state index contributed by atoms with van der Waals surface area (Å²) in [6.07, 6.45) is 7.21. The van der Waals surface area contributed by atoms with E-state index < -0.39 is 0 Å². The third-order valence-corrected chi connectivity index (χ3v) is 6.44. The lowest BCUT2D eigenvalue weighted by Crippen LogP contribution is -2.52. The molecule has 2 atom stereocenters. The highest BCUT2D eigenvalue weighted by molar-refractivity contribution is 9.10. The lowest BCUT2D eigenvalue weighted by molar-refractivity contribution is 0.114. The molecule has 0 bridgehead atoms. The van der Waals surface area contributed by atoms with Crippen molar-refractivity contribution in [1.82, 2.24) is 15.1 Å². The van der Waals surface area contributed by atoms with Gasteiger partial charge >= 0.3 is 0 Å². The minimum absolute atomic E-state index is 0.0332. The first-order valence-corrected chi connectivity index (χ1v) is 8.93. The van der Waals surface area contributed by atoms with Crippen LogP contribution in [0.3, 0.4) is 0 Å². The van der Waals surface area contributed by atoms with Crippen molar-refractivity contribution in [2.75, 3.05) is 6.61 Å². The number of halogens is 1. The summed E-state index contributed by atoms with van der Waals surface area (Å²) in [6, 6.07) is 0.653. The number of nitrogens with zero attached hydrogens (tertiary/aromatic N) is 2. The van der Waals surface area contributed by atoms with Crippen molar-refractivity contribution < 1.29 is 5.11 Å². The van der Waals surface area contributed by atoms with E-state index in [2.05, 4.69) is 38.0 Å². The molecule has 0 aliphatic heterocycles. The van der Waals surface area contributed by atoms with Crippen LogP contribution in [0.5, 0.6) is 0 Å². The first kappa shape index (κ1) is 15.5. The summed E-state index contributed by atoms with van der Waals surface area (Å²) in [7, 11) is 0. The maximum absolute atomic E-state index is 9.97. The van der Waals surface area contributed by atoms with Crippen molar-refractivity contribution in [2.24, 2.45) is 5.92 Å². The fourth-order valence-corrected chi connectivity index (χ4v) is 4.10. The molecular formula is C16H26BrN3O. The van der Waals surface area contributed by atoms with Crippen molar-refractivity contribution in [1.29, 1.82) is 0 Å². The average molecular weight is 356 g/mol. The van der Waals surface area contributed by atoms with Crippen LogP contribution in [0.15, 0.2) is 4.47 Å². The molecule has 0 radical (unpaired) electrons. The molecule has 118 valence electrons. The summed E-state index contributed by atoms with van der Waals surface area (Å²) in [4.78, 5) is 0. The zero-order chi connectivity index (χ0) is 15.0.